The first-order valence-electron chi connectivity index (χ1n) is 3.92. The zero-order chi connectivity index (χ0) is 9.68. The minimum Gasteiger partial charge on any atom is -0.496 e. The molecule has 4 N–H and O–H groups in total. The Morgan fingerprint density at radius 2 is 2.31 bits per heavy atom. The summed E-state index contributed by atoms with van der Waals surface area (Å²) in [6, 6.07) is 5.61. The van der Waals surface area contributed by atoms with Crippen molar-refractivity contribution < 1.29 is 4.74 Å². The van der Waals surface area contributed by atoms with Gasteiger partial charge in [-0.3, -0.25) is 0 Å². The summed E-state index contributed by atoms with van der Waals surface area (Å²) in [5, 5.41) is 3.43. The molecule has 4 heteroatoms. The molecule has 1 aromatic carbocycles. The Morgan fingerprint density at radius 3 is 2.85 bits per heavy atom. The predicted molar refractivity (Wildman–Crippen MR) is 52.7 cm³/mol. The highest BCUT2D eigenvalue weighted by Gasteiger charge is 2.00. The summed E-state index contributed by atoms with van der Waals surface area (Å²) < 4.78 is 5.11. The van der Waals surface area contributed by atoms with Crippen molar-refractivity contribution in [1.82, 2.24) is 0 Å². The van der Waals surface area contributed by atoms with Crippen LogP contribution in [-0.4, -0.2) is 13.3 Å². The SMILES string of the molecule is COc1ccc(C=NN)cc1CN. The van der Waals surface area contributed by atoms with Gasteiger partial charge in [0, 0.05) is 12.1 Å². The van der Waals surface area contributed by atoms with Crippen molar-refractivity contribution in [3.05, 3.63) is 29.3 Å². The maximum atomic E-state index is 5.54. The van der Waals surface area contributed by atoms with Gasteiger partial charge in [-0.2, -0.15) is 5.10 Å². The topological polar surface area (TPSA) is 73.6 Å². The Hall–Kier alpha value is -1.55. The highest BCUT2D eigenvalue weighted by atomic mass is 16.5. The standard InChI is InChI=1S/C9H13N3O/c1-13-9-3-2-7(6-12-11)4-8(9)5-10/h2-4,6H,5,10-11H2,1H3. The van der Waals surface area contributed by atoms with Gasteiger partial charge in [0.05, 0.1) is 13.3 Å². The van der Waals surface area contributed by atoms with Gasteiger partial charge in [-0.25, -0.2) is 0 Å². The number of rotatable bonds is 3. The van der Waals surface area contributed by atoms with Crippen molar-refractivity contribution in [3.63, 3.8) is 0 Å². The van der Waals surface area contributed by atoms with E-state index in [1.807, 2.05) is 18.2 Å². The fourth-order valence-electron chi connectivity index (χ4n) is 1.12. The minimum absolute atomic E-state index is 0.440. The van der Waals surface area contributed by atoms with Crippen LogP contribution in [0.15, 0.2) is 23.3 Å². The summed E-state index contributed by atoms with van der Waals surface area (Å²) in [6.45, 7) is 0.440. The molecule has 70 valence electrons. The molecule has 0 aliphatic rings. The zero-order valence-electron chi connectivity index (χ0n) is 7.53. The summed E-state index contributed by atoms with van der Waals surface area (Å²) in [7, 11) is 1.62. The summed E-state index contributed by atoms with van der Waals surface area (Å²) in [5.74, 6) is 5.82. The number of methoxy groups -OCH3 is 1. The van der Waals surface area contributed by atoms with Gasteiger partial charge in [-0.05, 0) is 23.8 Å². The Kier molecular flexibility index (Phi) is 3.28. The van der Waals surface area contributed by atoms with Crippen LogP contribution in [-0.2, 0) is 6.54 Å². The van der Waals surface area contributed by atoms with Crippen LogP contribution in [0.2, 0.25) is 0 Å². The molecular weight excluding hydrogens is 166 g/mol. The van der Waals surface area contributed by atoms with Crippen LogP contribution in [0.4, 0.5) is 0 Å². The van der Waals surface area contributed by atoms with E-state index in [1.165, 1.54) is 0 Å². The second kappa shape index (κ2) is 4.47. The normalized spacial score (nSPS) is 10.6. The molecule has 1 rings (SSSR count). The van der Waals surface area contributed by atoms with Crippen LogP contribution in [0.1, 0.15) is 11.1 Å². The first-order chi connectivity index (χ1) is 6.31. The van der Waals surface area contributed by atoms with E-state index in [2.05, 4.69) is 5.10 Å². The molecule has 0 aliphatic carbocycles. The molecular formula is C9H13N3O. The molecule has 0 saturated heterocycles. The molecule has 0 atom stereocenters. The molecule has 0 heterocycles. The van der Waals surface area contributed by atoms with Crippen molar-refractivity contribution in [2.45, 2.75) is 6.54 Å². The number of benzene rings is 1. The van der Waals surface area contributed by atoms with Crippen LogP contribution in [0.25, 0.3) is 0 Å². The second-order valence-electron chi connectivity index (χ2n) is 2.55. The lowest BCUT2D eigenvalue weighted by Crippen LogP contribution is -2.01. The van der Waals surface area contributed by atoms with Crippen LogP contribution < -0.4 is 16.3 Å². The van der Waals surface area contributed by atoms with Crippen LogP contribution in [0.5, 0.6) is 5.75 Å². The van der Waals surface area contributed by atoms with Gasteiger partial charge in [-0.1, -0.05) is 0 Å². The van der Waals surface area contributed by atoms with E-state index < -0.39 is 0 Å². The third-order valence-electron chi connectivity index (χ3n) is 1.75. The van der Waals surface area contributed by atoms with E-state index in [1.54, 1.807) is 13.3 Å². The molecule has 13 heavy (non-hydrogen) atoms. The van der Waals surface area contributed by atoms with Crippen molar-refractivity contribution in [1.29, 1.82) is 0 Å². The summed E-state index contributed by atoms with van der Waals surface area (Å²) in [5.41, 5.74) is 7.40. The molecule has 0 fully saturated rings. The second-order valence-corrected chi connectivity index (χ2v) is 2.55. The Morgan fingerprint density at radius 1 is 1.54 bits per heavy atom. The third-order valence-corrected chi connectivity index (χ3v) is 1.75. The number of nitrogens with two attached hydrogens (primary N) is 2. The molecule has 0 radical (unpaired) electrons. The van der Waals surface area contributed by atoms with Crippen molar-refractivity contribution >= 4 is 6.21 Å². The molecule has 0 spiro atoms. The monoisotopic (exact) mass is 179 g/mol. The number of hydrogen-bond acceptors (Lipinski definition) is 4. The van der Waals surface area contributed by atoms with Gasteiger partial charge >= 0.3 is 0 Å². The summed E-state index contributed by atoms with van der Waals surface area (Å²) in [6.07, 6.45) is 1.57. The third kappa shape index (κ3) is 2.19. The van der Waals surface area contributed by atoms with Gasteiger partial charge in [0.1, 0.15) is 5.75 Å². The smallest absolute Gasteiger partial charge is 0.123 e. The van der Waals surface area contributed by atoms with E-state index in [-0.39, 0.29) is 0 Å². The van der Waals surface area contributed by atoms with Crippen molar-refractivity contribution in [2.24, 2.45) is 16.7 Å². The molecule has 4 nitrogen and oxygen atoms in total. The number of hydrogen-bond donors (Lipinski definition) is 2. The first kappa shape index (κ1) is 9.54. The highest BCUT2D eigenvalue weighted by molar-refractivity contribution is 5.80. The van der Waals surface area contributed by atoms with Gasteiger partial charge in [-0.15, -0.1) is 0 Å². The largest absolute Gasteiger partial charge is 0.496 e. The van der Waals surface area contributed by atoms with Gasteiger partial charge in [0.15, 0.2) is 0 Å². The Balaban J connectivity index is 3.05. The van der Waals surface area contributed by atoms with Crippen LogP contribution in [0, 0.1) is 0 Å². The van der Waals surface area contributed by atoms with E-state index in [0.29, 0.717) is 6.54 Å². The Bertz CT molecular complexity index is 310. The van der Waals surface area contributed by atoms with E-state index in [4.69, 9.17) is 16.3 Å². The molecule has 0 aromatic heterocycles. The lowest BCUT2D eigenvalue weighted by Gasteiger charge is -2.06. The average Bonchev–Trinajstić information content (AvgIpc) is 2.18. The lowest BCUT2D eigenvalue weighted by molar-refractivity contribution is 0.410. The number of ether oxygens (including phenoxy) is 1. The minimum atomic E-state index is 0.440. The van der Waals surface area contributed by atoms with Crippen molar-refractivity contribution in [2.75, 3.05) is 7.11 Å². The van der Waals surface area contributed by atoms with E-state index in [9.17, 15) is 0 Å². The highest BCUT2D eigenvalue weighted by Crippen LogP contribution is 2.18. The quantitative estimate of drug-likeness (QED) is 0.402. The molecule has 0 unspecified atom stereocenters. The maximum Gasteiger partial charge on any atom is 0.123 e. The van der Waals surface area contributed by atoms with E-state index in [0.717, 1.165) is 16.9 Å². The molecule has 0 saturated carbocycles. The average molecular weight is 179 g/mol. The van der Waals surface area contributed by atoms with E-state index >= 15 is 0 Å². The number of hydrazone groups is 1. The summed E-state index contributed by atoms with van der Waals surface area (Å²) >= 11 is 0. The lowest BCUT2D eigenvalue weighted by atomic mass is 10.1. The molecule has 0 aliphatic heterocycles. The zero-order valence-corrected chi connectivity index (χ0v) is 7.53. The van der Waals surface area contributed by atoms with Gasteiger partial charge in [0.25, 0.3) is 0 Å². The van der Waals surface area contributed by atoms with Gasteiger partial charge < -0.3 is 16.3 Å². The fourth-order valence-corrected chi connectivity index (χ4v) is 1.12. The first-order valence-corrected chi connectivity index (χ1v) is 3.92. The van der Waals surface area contributed by atoms with Crippen LogP contribution in [0.3, 0.4) is 0 Å². The number of nitrogens with zero attached hydrogens (tertiary/aromatic N) is 1. The molecule has 0 amide bonds. The van der Waals surface area contributed by atoms with Crippen molar-refractivity contribution in [3.8, 4) is 5.75 Å². The molecule has 0 bridgehead atoms. The van der Waals surface area contributed by atoms with Gasteiger partial charge in [0.2, 0.25) is 0 Å². The molecule has 1 aromatic rings. The maximum absolute atomic E-state index is 5.54. The predicted octanol–water partition coefficient (Wildman–Crippen LogP) is 0.447. The fraction of sp³-hybridized carbons (Fsp3) is 0.222. The Labute approximate surface area is 77.2 Å². The van der Waals surface area contributed by atoms with Crippen LogP contribution >= 0.6 is 0 Å². The summed E-state index contributed by atoms with van der Waals surface area (Å²) in [4.78, 5) is 0.